The van der Waals surface area contributed by atoms with E-state index in [0.29, 0.717) is 22.7 Å². The van der Waals surface area contributed by atoms with Gasteiger partial charge in [0.1, 0.15) is 0 Å². The first-order valence-corrected chi connectivity index (χ1v) is 9.03. The normalized spacial score (nSPS) is 10.6. The molecule has 1 amide bonds. The lowest BCUT2D eigenvalue weighted by Gasteiger charge is -2.11. The van der Waals surface area contributed by atoms with Crippen molar-refractivity contribution < 1.29 is 19.1 Å². The van der Waals surface area contributed by atoms with Crippen LogP contribution in [0.15, 0.2) is 78.0 Å². The number of benzene rings is 3. The highest BCUT2D eigenvalue weighted by molar-refractivity contribution is 5.96. The molecule has 0 atom stereocenters. The zero-order valence-corrected chi connectivity index (χ0v) is 16.3. The molecule has 0 spiro atoms. The van der Waals surface area contributed by atoms with Crippen LogP contribution < -0.4 is 14.8 Å². The van der Waals surface area contributed by atoms with E-state index >= 15 is 0 Å². The molecule has 0 saturated heterocycles. The van der Waals surface area contributed by atoms with Crippen molar-refractivity contribution in [3.05, 3.63) is 78.4 Å². The summed E-state index contributed by atoms with van der Waals surface area (Å²) in [6.07, 6.45) is 1.48. The van der Waals surface area contributed by atoms with Crippen LogP contribution in [0.2, 0.25) is 0 Å². The monoisotopic (exact) mass is 390 g/mol. The minimum Gasteiger partial charge on any atom is -0.493 e. The average Bonchev–Trinajstić information content (AvgIpc) is 2.77. The molecule has 6 heteroatoms. The molecule has 0 aliphatic heterocycles. The number of para-hydroxylation sites is 2. The third-order valence-corrected chi connectivity index (χ3v) is 4.18. The van der Waals surface area contributed by atoms with Crippen LogP contribution in [0.1, 0.15) is 5.56 Å². The smallest absolute Gasteiger partial charge is 0.265 e. The number of ether oxygens (including phenoxy) is 2. The maximum absolute atomic E-state index is 12.3. The van der Waals surface area contributed by atoms with Gasteiger partial charge in [-0.1, -0.05) is 59.8 Å². The summed E-state index contributed by atoms with van der Waals surface area (Å²) in [5.74, 6) is 0.832. The number of anilines is 1. The van der Waals surface area contributed by atoms with Crippen molar-refractivity contribution in [2.75, 3.05) is 26.1 Å². The zero-order valence-electron chi connectivity index (χ0n) is 16.3. The van der Waals surface area contributed by atoms with Crippen LogP contribution in [0, 0.1) is 0 Å². The molecule has 0 aliphatic rings. The molecule has 6 nitrogen and oxygen atoms in total. The average molecular weight is 390 g/mol. The molecule has 148 valence electrons. The number of methoxy groups -OCH3 is 2. The Labute approximate surface area is 169 Å². The molecule has 0 saturated carbocycles. The Hall–Kier alpha value is -3.80. The Kier molecular flexibility index (Phi) is 6.84. The van der Waals surface area contributed by atoms with Crippen molar-refractivity contribution in [3.63, 3.8) is 0 Å². The van der Waals surface area contributed by atoms with Crippen molar-refractivity contribution in [3.8, 4) is 22.6 Å². The maximum Gasteiger partial charge on any atom is 0.265 e. The van der Waals surface area contributed by atoms with E-state index in [1.165, 1.54) is 6.21 Å². The quantitative estimate of drug-likeness (QED) is 0.458. The van der Waals surface area contributed by atoms with E-state index in [2.05, 4.69) is 10.5 Å². The molecular formula is C23H22N2O4. The Morgan fingerprint density at radius 1 is 0.931 bits per heavy atom. The standard InChI is InChI=1S/C23H22N2O4/c1-27-21-14-8-11-18(23(21)28-2)15-24-29-16-22(26)25-20-13-7-6-12-19(20)17-9-4-3-5-10-17/h3-15H,16H2,1-2H3,(H,25,26)/b24-15-. The Bertz CT molecular complexity index is 987. The highest BCUT2D eigenvalue weighted by atomic mass is 16.6. The van der Waals surface area contributed by atoms with Crippen LogP contribution in [0.25, 0.3) is 11.1 Å². The van der Waals surface area contributed by atoms with Gasteiger partial charge in [-0.05, 0) is 23.8 Å². The lowest BCUT2D eigenvalue weighted by molar-refractivity contribution is -0.120. The van der Waals surface area contributed by atoms with E-state index in [1.54, 1.807) is 20.3 Å². The third-order valence-electron chi connectivity index (χ3n) is 4.18. The molecule has 29 heavy (non-hydrogen) atoms. The largest absolute Gasteiger partial charge is 0.493 e. The van der Waals surface area contributed by atoms with Gasteiger partial charge in [0.15, 0.2) is 18.1 Å². The molecule has 0 bridgehead atoms. The van der Waals surface area contributed by atoms with E-state index in [4.69, 9.17) is 14.3 Å². The van der Waals surface area contributed by atoms with E-state index in [1.807, 2.05) is 66.7 Å². The summed E-state index contributed by atoms with van der Waals surface area (Å²) < 4.78 is 10.6. The van der Waals surface area contributed by atoms with Crippen molar-refractivity contribution in [2.24, 2.45) is 5.16 Å². The van der Waals surface area contributed by atoms with Gasteiger partial charge in [-0.25, -0.2) is 0 Å². The summed E-state index contributed by atoms with van der Waals surface area (Å²) in [7, 11) is 3.11. The zero-order chi connectivity index (χ0) is 20.5. The van der Waals surface area contributed by atoms with Gasteiger partial charge in [-0.3, -0.25) is 4.79 Å². The van der Waals surface area contributed by atoms with Gasteiger partial charge in [0.2, 0.25) is 0 Å². The molecule has 0 aromatic heterocycles. The number of amides is 1. The van der Waals surface area contributed by atoms with Crippen LogP contribution in [-0.2, 0) is 9.63 Å². The summed E-state index contributed by atoms with van der Waals surface area (Å²) in [5, 5.41) is 6.73. The Balaban J connectivity index is 1.61. The second-order valence-corrected chi connectivity index (χ2v) is 6.05. The number of rotatable bonds is 8. The summed E-state index contributed by atoms with van der Waals surface area (Å²) in [6.45, 7) is -0.216. The van der Waals surface area contributed by atoms with Crippen molar-refractivity contribution in [2.45, 2.75) is 0 Å². The number of carbonyl (C=O) groups excluding carboxylic acids is 1. The molecule has 3 aromatic rings. The highest BCUT2D eigenvalue weighted by Gasteiger charge is 2.09. The number of nitrogens with zero attached hydrogens (tertiary/aromatic N) is 1. The summed E-state index contributed by atoms with van der Waals surface area (Å²) in [4.78, 5) is 17.4. The van der Waals surface area contributed by atoms with Crippen LogP contribution in [0.5, 0.6) is 11.5 Å². The van der Waals surface area contributed by atoms with Gasteiger partial charge < -0.3 is 19.6 Å². The number of hydrogen-bond donors (Lipinski definition) is 1. The molecule has 3 rings (SSSR count). The van der Waals surface area contributed by atoms with Gasteiger partial charge in [-0.15, -0.1) is 0 Å². The predicted octanol–water partition coefficient (Wildman–Crippen LogP) is 4.36. The SMILES string of the molecule is COc1cccc(/C=N\OCC(=O)Nc2ccccc2-c2ccccc2)c1OC. The molecule has 0 unspecified atom stereocenters. The van der Waals surface area contributed by atoms with Crippen LogP contribution in [0.4, 0.5) is 5.69 Å². The van der Waals surface area contributed by atoms with Crippen molar-refractivity contribution >= 4 is 17.8 Å². The minimum absolute atomic E-state index is 0.216. The lowest BCUT2D eigenvalue weighted by atomic mass is 10.0. The van der Waals surface area contributed by atoms with Gasteiger partial charge in [0, 0.05) is 16.8 Å². The number of nitrogens with one attached hydrogen (secondary N) is 1. The molecule has 1 N–H and O–H groups in total. The first-order valence-electron chi connectivity index (χ1n) is 9.03. The van der Waals surface area contributed by atoms with E-state index in [0.717, 1.165) is 11.1 Å². The van der Waals surface area contributed by atoms with Crippen LogP contribution >= 0.6 is 0 Å². The lowest BCUT2D eigenvalue weighted by Crippen LogP contribution is -2.17. The topological polar surface area (TPSA) is 69.2 Å². The van der Waals surface area contributed by atoms with Crippen molar-refractivity contribution in [1.82, 2.24) is 0 Å². The molecular weight excluding hydrogens is 368 g/mol. The van der Waals surface area contributed by atoms with Gasteiger partial charge in [0.25, 0.3) is 5.91 Å². The Morgan fingerprint density at radius 3 is 2.45 bits per heavy atom. The maximum atomic E-state index is 12.3. The second kappa shape index (κ2) is 9.94. The number of hydrogen-bond acceptors (Lipinski definition) is 5. The fourth-order valence-electron chi connectivity index (χ4n) is 2.85. The predicted molar refractivity (Wildman–Crippen MR) is 114 cm³/mol. The molecule has 0 fully saturated rings. The Morgan fingerprint density at radius 2 is 1.69 bits per heavy atom. The van der Waals surface area contributed by atoms with Gasteiger partial charge in [-0.2, -0.15) is 0 Å². The second-order valence-electron chi connectivity index (χ2n) is 6.05. The van der Waals surface area contributed by atoms with Gasteiger partial charge in [0.05, 0.1) is 20.4 Å². The summed E-state index contributed by atoms with van der Waals surface area (Å²) >= 11 is 0. The third kappa shape index (κ3) is 5.13. The molecule has 0 aliphatic carbocycles. The van der Waals surface area contributed by atoms with Gasteiger partial charge >= 0.3 is 0 Å². The van der Waals surface area contributed by atoms with E-state index < -0.39 is 0 Å². The molecule has 3 aromatic carbocycles. The fraction of sp³-hybridized carbons (Fsp3) is 0.130. The number of carbonyl (C=O) groups is 1. The summed E-state index contributed by atoms with van der Waals surface area (Å²) in [6, 6.07) is 22.9. The van der Waals surface area contributed by atoms with Crippen LogP contribution in [-0.4, -0.2) is 32.9 Å². The molecule has 0 radical (unpaired) electrons. The first kappa shape index (κ1) is 19.9. The first-order chi connectivity index (χ1) is 14.2. The highest BCUT2D eigenvalue weighted by Crippen LogP contribution is 2.29. The van der Waals surface area contributed by atoms with E-state index in [-0.39, 0.29) is 12.5 Å². The van der Waals surface area contributed by atoms with Crippen LogP contribution in [0.3, 0.4) is 0 Å². The molecule has 0 heterocycles. The fourth-order valence-corrected chi connectivity index (χ4v) is 2.85. The van der Waals surface area contributed by atoms with E-state index in [9.17, 15) is 4.79 Å². The number of oxime groups is 1. The minimum atomic E-state index is -0.303. The van der Waals surface area contributed by atoms with Crippen molar-refractivity contribution in [1.29, 1.82) is 0 Å². The summed E-state index contributed by atoms with van der Waals surface area (Å²) in [5.41, 5.74) is 3.35.